The van der Waals surface area contributed by atoms with E-state index < -0.39 is 12.4 Å². The van der Waals surface area contributed by atoms with E-state index in [1.165, 1.54) is 38.6 Å². The van der Waals surface area contributed by atoms with E-state index in [1.54, 1.807) is 0 Å². The normalized spacial score (nSPS) is 32.5. The summed E-state index contributed by atoms with van der Waals surface area (Å²) in [5, 5.41) is 3.97. The minimum atomic E-state index is -2.68. The van der Waals surface area contributed by atoms with Gasteiger partial charge < -0.3 is 4.74 Å². The second-order valence-corrected chi connectivity index (χ2v) is 8.35. The van der Waals surface area contributed by atoms with E-state index in [2.05, 4.69) is 5.10 Å². The fourth-order valence-electron chi connectivity index (χ4n) is 6.09. The molecular formula is C19H21F2N3O2. The molecule has 4 fully saturated rings. The third-order valence-corrected chi connectivity index (χ3v) is 6.71. The van der Waals surface area contributed by atoms with E-state index >= 15 is 0 Å². The number of methoxy groups -OCH3 is 1. The highest BCUT2D eigenvalue weighted by Crippen LogP contribution is 2.60. The van der Waals surface area contributed by atoms with Gasteiger partial charge in [0.25, 0.3) is 6.43 Å². The average molecular weight is 361 g/mol. The van der Waals surface area contributed by atoms with Gasteiger partial charge in [-0.05, 0) is 62.3 Å². The van der Waals surface area contributed by atoms with Crippen molar-refractivity contribution in [3.8, 4) is 0 Å². The van der Waals surface area contributed by atoms with E-state index in [-0.39, 0.29) is 22.3 Å². The Morgan fingerprint density at radius 2 is 1.85 bits per heavy atom. The van der Waals surface area contributed by atoms with Gasteiger partial charge in [0.1, 0.15) is 11.3 Å². The number of alkyl halides is 2. The first-order chi connectivity index (χ1) is 12.5. The van der Waals surface area contributed by atoms with Gasteiger partial charge in [0.05, 0.1) is 19.0 Å². The Bertz CT molecular complexity index is 857. The monoisotopic (exact) mass is 361 g/mol. The summed E-state index contributed by atoms with van der Waals surface area (Å²) in [4.78, 5) is 16.7. The number of carbonyl (C=O) groups excluding carboxylic acids is 1. The summed E-state index contributed by atoms with van der Waals surface area (Å²) in [7, 11) is 1.27. The van der Waals surface area contributed by atoms with E-state index in [4.69, 9.17) is 9.72 Å². The van der Waals surface area contributed by atoms with Gasteiger partial charge in [-0.15, -0.1) is 0 Å². The van der Waals surface area contributed by atoms with Crippen molar-refractivity contribution in [2.75, 3.05) is 7.11 Å². The van der Waals surface area contributed by atoms with Crippen LogP contribution >= 0.6 is 0 Å². The van der Waals surface area contributed by atoms with Gasteiger partial charge in [-0.1, -0.05) is 0 Å². The number of nitrogens with zero attached hydrogens (tertiary/aromatic N) is 3. The molecule has 4 saturated carbocycles. The van der Waals surface area contributed by atoms with E-state index in [0.29, 0.717) is 23.4 Å². The van der Waals surface area contributed by atoms with Crippen LogP contribution in [-0.4, -0.2) is 27.7 Å². The molecule has 7 heteroatoms. The summed E-state index contributed by atoms with van der Waals surface area (Å²) in [6.45, 7) is 0. The molecular weight excluding hydrogens is 340 g/mol. The molecule has 0 saturated heterocycles. The number of carbonyl (C=O) groups is 1. The van der Waals surface area contributed by atoms with Crippen molar-refractivity contribution < 1.29 is 18.3 Å². The molecule has 26 heavy (non-hydrogen) atoms. The summed E-state index contributed by atoms with van der Waals surface area (Å²) >= 11 is 0. The van der Waals surface area contributed by atoms with Crippen LogP contribution in [0.3, 0.4) is 0 Å². The van der Waals surface area contributed by atoms with Crippen LogP contribution in [0.1, 0.15) is 66.7 Å². The molecule has 6 rings (SSSR count). The van der Waals surface area contributed by atoms with Crippen molar-refractivity contribution >= 4 is 11.6 Å². The van der Waals surface area contributed by atoms with Crippen molar-refractivity contribution in [3.63, 3.8) is 0 Å². The largest absolute Gasteiger partial charge is 0.465 e. The summed E-state index contributed by atoms with van der Waals surface area (Å²) < 4.78 is 33.3. The predicted octanol–water partition coefficient (Wildman–Crippen LogP) is 3.92. The molecule has 2 aromatic heterocycles. The molecule has 2 heterocycles. The Balaban J connectivity index is 1.69. The minimum absolute atomic E-state index is 0.127. The van der Waals surface area contributed by atoms with Gasteiger partial charge in [0.15, 0.2) is 5.65 Å². The fourth-order valence-corrected chi connectivity index (χ4v) is 6.09. The topological polar surface area (TPSA) is 56.5 Å². The highest BCUT2D eigenvalue weighted by atomic mass is 19.3. The smallest absolute Gasteiger partial charge is 0.343 e. The van der Waals surface area contributed by atoms with Crippen LogP contribution in [0, 0.1) is 17.8 Å². The molecule has 4 bridgehead atoms. The maximum atomic E-state index is 13.7. The molecule has 0 amide bonds. The molecule has 138 valence electrons. The second-order valence-electron chi connectivity index (χ2n) is 8.35. The summed E-state index contributed by atoms with van der Waals surface area (Å²) in [6.07, 6.45) is 5.45. The average Bonchev–Trinajstić information content (AvgIpc) is 3.03. The lowest BCUT2D eigenvalue weighted by Crippen LogP contribution is -2.49. The summed E-state index contributed by atoms with van der Waals surface area (Å²) in [5.74, 6) is 1.44. The lowest BCUT2D eigenvalue weighted by atomic mass is 9.49. The molecule has 2 aromatic rings. The highest BCUT2D eigenvalue weighted by molar-refractivity contribution is 5.95. The highest BCUT2D eigenvalue weighted by Gasteiger charge is 2.52. The fraction of sp³-hybridized carbons (Fsp3) is 0.632. The molecule has 4 aliphatic rings. The lowest BCUT2D eigenvalue weighted by Gasteiger charge is -2.56. The molecule has 0 radical (unpaired) electrons. The number of ether oxygens (including phenoxy) is 1. The Kier molecular flexibility index (Phi) is 3.40. The van der Waals surface area contributed by atoms with E-state index in [0.717, 1.165) is 23.8 Å². The summed E-state index contributed by atoms with van der Waals surface area (Å²) in [6, 6.07) is 1.53. The number of esters is 1. The van der Waals surface area contributed by atoms with Crippen molar-refractivity contribution in [1.82, 2.24) is 14.6 Å². The first-order valence-electron chi connectivity index (χ1n) is 9.25. The maximum absolute atomic E-state index is 13.7. The zero-order valence-corrected chi connectivity index (χ0v) is 14.6. The van der Waals surface area contributed by atoms with Crippen molar-refractivity contribution in [1.29, 1.82) is 0 Å². The molecule has 0 aromatic carbocycles. The van der Waals surface area contributed by atoms with Crippen LogP contribution in [0.5, 0.6) is 0 Å². The predicted molar refractivity (Wildman–Crippen MR) is 89.1 cm³/mol. The first kappa shape index (κ1) is 16.1. The van der Waals surface area contributed by atoms with Crippen LogP contribution in [0.25, 0.3) is 5.65 Å². The zero-order valence-electron chi connectivity index (χ0n) is 14.6. The first-order valence-corrected chi connectivity index (χ1v) is 9.25. The van der Waals surface area contributed by atoms with Gasteiger partial charge in [0, 0.05) is 5.41 Å². The van der Waals surface area contributed by atoms with E-state index in [9.17, 15) is 13.6 Å². The third-order valence-electron chi connectivity index (χ3n) is 6.71. The zero-order chi connectivity index (χ0) is 18.1. The molecule has 5 nitrogen and oxygen atoms in total. The molecule has 0 N–H and O–H groups in total. The Labute approximate surface area is 149 Å². The Hall–Kier alpha value is -2.05. The second kappa shape index (κ2) is 5.47. The van der Waals surface area contributed by atoms with Crippen LogP contribution < -0.4 is 0 Å². The van der Waals surface area contributed by atoms with Crippen LogP contribution in [0.2, 0.25) is 0 Å². The van der Waals surface area contributed by atoms with Crippen LogP contribution in [-0.2, 0) is 10.2 Å². The van der Waals surface area contributed by atoms with Crippen molar-refractivity contribution in [2.24, 2.45) is 17.8 Å². The number of aromatic nitrogens is 3. The van der Waals surface area contributed by atoms with Gasteiger partial charge >= 0.3 is 5.97 Å². The number of hydrogen-bond acceptors (Lipinski definition) is 4. The number of hydrogen-bond donors (Lipinski definition) is 0. The van der Waals surface area contributed by atoms with Crippen LogP contribution in [0.15, 0.2) is 12.3 Å². The van der Waals surface area contributed by atoms with Gasteiger partial charge in [-0.25, -0.2) is 23.1 Å². The van der Waals surface area contributed by atoms with Crippen molar-refractivity contribution in [3.05, 3.63) is 29.2 Å². The van der Waals surface area contributed by atoms with Gasteiger partial charge in [-0.2, -0.15) is 5.10 Å². The molecule has 0 unspecified atom stereocenters. The number of rotatable bonds is 3. The molecule has 4 aliphatic carbocycles. The minimum Gasteiger partial charge on any atom is -0.465 e. The number of fused-ring (bicyclic) bond motifs is 1. The molecule has 0 spiro atoms. The standard InChI is InChI=1S/C19H21F2N3O2/c1-26-18(25)13-9-22-24-14(16(20)21)5-15(23-17(13)24)19-6-10-2-11(7-19)4-12(3-10)8-19/h5,9-12,16H,2-4,6-8H2,1H3. The Morgan fingerprint density at radius 1 is 1.23 bits per heavy atom. The quantitative estimate of drug-likeness (QED) is 0.778. The Morgan fingerprint density at radius 3 is 2.38 bits per heavy atom. The SMILES string of the molecule is COC(=O)c1cnn2c(C(F)F)cc(C34CC5CC(CC(C5)C3)C4)nc12. The van der Waals surface area contributed by atoms with E-state index in [1.807, 2.05) is 0 Å². The summed E-state index contributed by atoms with van der Waals surface area (Å²) in [5.41, 5.74) is 0.708. The molecule has 0 atom stereocenters. The number of halogens is 2. The van der Waals surface area contributed by atoms with Crippen molar-refractivity contribution in [2.45, 2.75) is 50.4 Å². The van der Waals surface area contributed by atoms with Gasteiger partial charge in [0.2, 0.25) is 0 Å². The third kappa shape index (κ3) is 2.21. The molecule has 0 aliphatic heterocycles. The lowest BCUT2D eigenvalue weighted by molar-refractivity contribution is -0.00735. The van der Waals surface area contributed by atoms with Crippen LogP contribution in [0.4, 0.5) is 8.78 Å². The maximum Gasteiger partial charge on any atom is 0.343 e. The van der Waals surface area contributed by atoms with Gasteiger partial charge in [-0.3, -0.25) is 0 Å².